The number of likely N-dealkylation sites (tertiary alicyclic amines) is 1. The van der Waals surface area contributed by atoms with Crippen LogP contribution in [-0.4, -0.2) is 83.7 Å². The molecule has 0 radical (unpaired) electrons. The Morgan fingerprint density at radius 2 is 2.04 bits per heavy atom. The van der Waals surface area contributed by atoms with Crippen LogP contribution in [0.1, 0.15) is 19.3 Å². The van der Waals surface area contributed by atoms with Gasteiger partial charge >= 0.3 is 16.4 Å². The molecule has 13 heteroatoms. The van der Waals surface area contributed by atoms with E-state index < -0.39 is 34.4 Å². The molecule has 3 rings (SSSR count). The minimum Gasteiger partial charge on any atom is -0.344 e. The van der Waals surface area contributed by atoms with Gasteiger partial charge in [-0.1, -0.05) is 0 Å². The molecule has 0 spiro atoms. The van der Waals surface area contributed by atoms with E-state index in [2.05, 4.69) is 9.60 Å². The first kappa shape index (κ1) is 18.5. The van der Waals surface area contributed by atoms with Gasteiger partial charge in [0.25, 0.3) is 0 Å². The minimum absolute atomic E-state index is 0.125. The second-order valence-corrected chi connectivity index (χ2v) is 7.50. The number of nitrogens with zero attached hydrogens (tertiary/aromatic N) is 3. The Hall–Kier alpha value is -2.25. The normalized spacial score (nSPS) is 28.4. The summed E-state index contributed by atoms with van der Waals surface area (Å²) in [4.78, 5) is 38.0. The standard InChI is InChI=1S/C13H19N5O7S/c14-11(15-12(20)8-3-4-16(5-8)7-19)10-2-1-9-6-17(10)13(21)18(9)25-26(22,23)24/h7-10H,1-6H2,(H2,14,15,20)(H,22,23,24). The van der Waals surface area contributed by atoms with Crippen molar-refractivity contribution >= 4 is 34.6 Å². The van der Waals surface area contributed by atoms with E-state index in [0.29, 0.717) is 37.3 Å². The van der Waals surface area contributed by atoms with Crippen LogP contribution in [0.4, 0.5) is 4.79 Å². The number of amides is 4. The van der Waals surface area contributed by atoms with Crippen molar-refractivity contribution in [3.8, 4) is 0 Å². The molecule has 3 heterocycles. The summed E-state index contributed by atoms with van der Waals surface area (Å²) in [6.45, 7) is 0.889. The van der Waals surface area contributed by atoms with Gasteiger partial charge in [-0.15, -0.1) is 4.28 Å². The number of urea groups is 1. The highest BCUT2D eigenvalue weighted by molar-refractivity contribution is 7.80. The van der Waals surface area contributed by atoms with E-state index in [1.807, 2.05) is 0 Å². The van der Waals surface area contributed by atoms with Crippen LogP contribution in [0.25, 0.3) is 0 Å². The Labute approximate surface area is 149 Å². The Morgan fingerprint density at radius 3 is 2.65 bits per heavy atom. The molecular weight excluding hydrogens is 370 g/mol. The van der Waals surface area contributed by atoms with Gasteiger partial charge in [-0.3, -0.25) is 19.6 Å². The predicted octanol–water partition coefficient (Wildman–Crippen LogP) is -1.44. The second-order valence-electron chi connectivity index (χ2n) is 6.50. The van der Waals surface area contributed by atoms with Gasteiger partial charge in [0.05, 0.1) is 18.0 Å². The third kappa shape index (κ3) is 3.64. The van der Waals surface area contributed by atoms with Crippen LogP contribution in [0.3, 0.4) is 0 Å². The molecule has 3 aliphatic heterocycles. The number of nitrogens with one attached hydrogen (secondary N) is 2. The van der Waals surface area contributed by atoms with E-state index >= 15 is 0 Å². The maximum atomic E-state index is 12.3. The van der Waals surface area contributed by atoms with Crippen molar-refractivity contribution in [2.24, 2.45) is 5.92 Å². The van der Waals surface area contributed by atoms with Crippen molar-refractivity contribution in [3.05, 3.63) is 0 Å². The molecule has 0 aromatic carbocycles. The minimum atomic E-state index is -4.83. The van der Waals surface area contributed by atoms with Gasteiger partial charge in [0, 0.05) is 19.6 Å². The number of fused-ring (bicyclic) bond motifs is 2. The van der Waals surface area contributed by atoms with Gasteiger partial charge < -0.3 is 15.1 Å². The second kappa shape index (κ2) is 6.81. The van der Waals surface area contributed by atoms with E-state index in [1.165, 1.54) is 9.80 Å². The Bertz CT molecular complexity index is 741. The lowest BCUT2D eigenvalue weighted by molar-refractivity contribution is -0.123. The Balaban J connectivity index is 1.62. The number of hydroxylamine groups is 2. The maximum absolute atomic E-state index is 12.3. The van der Waals surface area contributed by atoms with Crippen LogP contribution in [0.2, 0.25) is 0 Å². The molecule has 3 atom stereocenters. The van der Waals surface area contributed by atoms with E-state index in [-0.39, 0.29) is 24.8 Å². The zero-order valence-electron chi connectivity index (χ0n) is 13.7. The number of carbonyl (C=O) groups excluding carboxylic acids is 3. The first-order valence-electron chi connectivity index (χ1n) is 8.05. The van der Waals surface area contributed by atoms with Crippen molar-refractivity contribution in [1.29, 1.82) is 5.41 Å². The summed E-state index contributed by atoms with van der Waals surface area (Å²) >= 11 is 0. The molecule has 3 unspecified atom stereocenters. The van der Waals surface area contributed by atoms with Crippen LogP contribution < -0.4 is 5.32 Å². The average molecular weight is 389 g/mol. The molecule has 0 aromatic heterocycles. The SMILES string of the molecule is N=C(NC(=O)C1CCN(C=O)C1)C1CCC2CN1C(=O)N2OS(=O)(=O)O. The lowest BCUT2D eigenvalue weighted by Gasteiger charge is -2.31. The van der Waals surface area contributed by atoms with Crippen molar-refractivity contribution in [2.45, 2.75) is 31.3 Å². The Morgan fingerprint density at radius 1 is 1.31 bits per heavy atom. The number of hydrogen-bond acceptors (Lipinski definition) is 7. The van der Waals surface area contributed by atoms with E-state index in [9.17, 15) is 22.8 Å². The lowest BCUT2D eigenvalue weighted by Crippen LogP contribution is -2.51. The summed E-state index contributed by atoms with van der Waals surface area (Å²) in [6, 6.07) is -2.07. The number of hydrogen-bond donors (Lipinski definition) is 3. The molecule has 0 aliphatic carbocycles. The van der Waals surface area contributed by atoms with E-state index in [0.717, 1.165) is 0 Å². The first-order valence-corrected chi connectivity index (χ1v) is 9.41. The number of piperidine rings is 1. The zero-order valence-corrected chi connectivity index (χ0v) is 14.5. The molecule has 3 saturated heterocycles. The molecule has 12 nitrogen and oxygen atoms in total. The smallest absolute Gasteiger partial charge is 0.344 e. The number of carbonyl (C=O) groups is 3. The quantitative estimate of drug-likeness (QED) is 0.225. The van der Waals surface area contributed by atoms with Crippen LogP contribution in [0, 0.1) is 11.3 Å². The Kier molecular flexibility index (Phi) is 4.86. The fourth-order valence-electron chi connectivity index (χ4n) is 3.55. The molecule has 0 saturated carbocycles. The molecule has 144 valence electrons. The highest BCUT2D eigenvalue weighted by Gasteiger charge is 2.48. The van der Waals surface area contributed by atoms with Gasteiger partial charge in [-0.25, -0.2) is 4.79 Å². The van der Waals surface area contributed by atoms with Crippen LogP contribution in [-0.2, 0) is 24.3 Å². The third-order valence-corrected chi connectivity index (χ3v) is 5.18. The van der Waals surface area contributed by atoms with Crippen molar-refractivity contribution in [3.63, 3.8) is 0 Å². The molecule has 3 N–H and O–H groups in total. The van der Waals surface area contributed by atoms with E-state index in [4.69, 9.17) is 9.96 Å². The summed E-state index contributed by atoms with van der Waals surface area (Å²) in [5, 5.41) is 11.2. The van der Waals surface area contributed by atoms with Crippen molar-refractivity contribution < 1.29 is 31.6 Å². The summed E-state index contributed by atoms with van der Waals surface area (Å²) in [7, 11) is -4.83. The fourth-order valence-corrected chi connectivity index (χ4v) is 3.94. The molecule has 2 bridgehead atoms. The van der Waals surface area contributed by atoms with E-state index in [1.54, 1.807) is 0 Å². The molecule has 3 fully saturated rings. The summed E-state index contributed by atoms with van der Waals surface area (Å²) in [5.41, 5.74) is 0. The van der Waals surface area contributed by atoms with Crippen LogP contribution in [0.5, 0.6) is 0 Å². The third-order valence-electron chi connectivity index (χ3n) is 4.83. The largest absolute Gasteiger partial charge is 0.418 e. The monoisotopic (exact) mass is 389 g/mol. The summed E-state index contributed by atoms with van der Waals surface area (Å²) in [5.74, 6) is -0.968. The van der Waals surface area contributed by atoms with Gasteiger partial charge in [-0.05, 0) is 19.3 Å². The topological polar surface area (TPSA) is 160 Å². The van der Waals surface area contributed by atoms with Crippen molar-refractivity contribution in [1.82, 2.24) is 20.2 Å². The molecule has 26 heavy (non-hydrogen) atoms. The number of amidine groups is 1. The average Bonchev–Trinajstić information content (AvgIpc) is 3.14. The van der Waals surface area contributed by atoms with Gasteiger partial charge in [0.2, 0.25) is 12.3 Å². The highest BCUT2D eigenvalue weighted by Crippen LogP contribution is 2.30. The first-order chi connectivity index (χ1) is 12.2. The summed E-state index contributed by atoms with van der Waals surface area (Å²) in [6.07, 6.45) is 1.87. The summed E-state index contributed by atoms with van der Waals surface area (Å²) < 4.78 is 34.8. The predicted molar refractivity (Wildman–Crippen MR) is 85.0 cm³/mol. The molecule has 3 aliphatic rings. The van der Waals surface area contributed by atoms with Crippen LogP contribution in [0.15, 0.2) is 0 Å². The molecule has 0 aromatic rings. The van der Waals surface area contributed by atoms with Gasteiger partial charge in [-0.2, -0.15) is 13.5 Å². The number of rotatable bonds is 5. The highest BCUT2D eigenvalue weighted by atomic mass is 32.3. The van der Waals surface area contributed by atoms with Crippen molar-refractivity contribution in [2.75, 3.05) is 19.6 Å². The molecule has 4 amide bonds. The lowest BCUT2D eigenvalue weighted by atomic mass is 9.99. The molecular formula is C13H19N5O7S. The zero-order chi connectivity index (χ0) is 19.1. The van der Waals surface area contributed by atoms with Gasteiger partial charge in [0.1, 0.15) is 5.84 Å². The van der Waals surface area contributed by atoms with Gasteiger partial charge in [0.15, 0.2) is 0 Å². The maximum Gasteiger partial charge on any atom is 0.418 e. The fraction of sp³-hybridized carbons (Fsp3) is 0.692. The van der Waals surface area contributed by atoms with Crippen LogP contribution >= 0.6 is 0 Å².